The zero-order valence-corrected chi connectivity index (χ0v) is 15.2. The fourth-order valence-electron chi connectivity index (χ4n) is 3.71. The maximum atomic E-state index is 12.8. The van der Waals surface area contributed by atoms with Crippen molar-refractivity contribution in [3.05, 3.63) is 64.7 Å². The average molecular weight is 337 g/mol. The van der Waals surface area contributed by atoms with Gasteiger partial charge in [0.15, 0.2) is 0 Å². The highest BCUT2D eigenvalue weighted by Crippen LogP contribution is 2.25. The summed E-state index contributed by atoms with van der Waals surface area (Å²) in [5.74, 6) is 0.894. The van der Waals surface area contributed by atoms with E-state index in [1.54, 1.807) is 18.2 Å². The lowest BCUT2D eigenvalue weighted by molar-refractivity contribution is 0.0668. The Labute approximate surface area is 150 Å². The predicted molar refractivity (Wildman–Crippen MR) is 101 cm³/mol. The van der Waals surface area contributed by atoms with Crippen LogP contribution in [0.4, 0.5) is 0 Å². The minimum absolute atomic E-state index is 0.0868. The fourth-order valence-corrected chi connectivity index (χ4v) is 3.71. The smallest absolute Gasteiger partial charge is 0.253 e. The first kappa shape index (κ1) is 17.5. The number of phenols is 1. The molecule has 1 heterocycles. The highest BCUT2D eigenvalue weighted by atomic mass is 16.3. The van der Waals surface area contributed by atoms with Crippen molar-refractivity contribution < 1.29 is 9.90 Å². The lowest BCUT2D eigenvalue weighted by Gasteiger charge is -2.33. The third kappa shape index (κ3) is 4.22. The topological polar surface area (TPSA) is 40.5 Å². The Kier molecular flexibility index (Phi) is 5.42. The lowest BCUT2D eigenvalue weighted by atomic mass is 9.90. The molecule has 3 heteroatoms. The summed E-state index contributed by atoms with van der Waals surface area (Å²) in [6.45, 7) is 5.66. The first-order chi connectivity index (χ1) is 12.0. The van der Waals surface area contributed by atoms with Crippen molar-refractivity contribution in [2.75, 3.05) is 13.1 Å². The third-order valence-electron chi connectivity index (χ3n) is 5.33. The van der Waals surface area contributed by atoms with Gasteiger partial charge in [-0.3, -0.25) is 4.79 Å². The van der Waals surface area contributed by atoms with E-state index in [0.29, 0.717) is 11.5 Å². The molecule has 0 bridgehead atoms. The van der Waals surface area contributed by atoms with Gasteiger partial charge in [-0.1, -0.05) is 24.3 Å². The van der Waals surface area contributed by atoms with Crippen molar-refractivity contribution in [1.29, 1.82) is 0 Å². The van der Waals surface area contributed by atoms with Crippen LogP contribution >= 0.6 is 0 Å². The van der Waals surface area contributed by atoms with Gasteiger partial charge in [0, 0.05) is 18.7 Å². The first-order valence-electron chi connectivity index (χ1n) is 9.18. The molecule has 1 atom stereocenters. The Bertz CT molecular complexity index is 753. The van der Waals surface area contributed by atoms with Gasteiger partial charge in [-0.05, 0) is 80.3 Å². The van der Waals surface area contributed by atoms with E-state index in [4.69, 9.17) is 0 Å². The van der Waals surface area contributed by atoms with Crippen LogP contribution in [-0.4, -0.2) is 29.0 Å². The summed E-state index contributed by atoms with van der Waals surface area (Å²) in [7, 11) is 0. The van der Waals surface area contributed by atoms with Crippen molar-refractivity contribution in [3.8, 4) is 5.75 Å². The molecule has 25 heavy (non-hydrogen) atoms. The molecule has 3 rings (SSSR count). The Morgan fingerprint density at radius 3 is 2.72 bits per heavy atom. The summed E-state index contributed by atoms with van der Waals surface area (Å²) in [5.41, 5.74) is 4.19. The number of aromatic hydroxyl groups is 1. The molecule has 0 saturated carbocycles. The van der Waals surface area contributed by atoms with E-state index >= 15 is 0 Å². The van der Waals surface area contributed by atoms with Gasteiger partial charge < -0.3 is 10.0 Å². The number of carbonyl (C=O) groups excluding carboxylic acids is 1. The van der Waals surface area contributed by atoms with Crippen LogP contribution in [0.3, 0.4) is 0 Å². The second-order valence-corrected chi connectivity index (χ2v) is 7.23. The van der Waals surface area contributed by atoms with Gasteiger partial charge in [-0.25, -0.2) is 0 Å². The molecule has 1 saturated heterocycles. The average Bonchev–Trinajstić information content (AvgIpc) is 2.63. The van der Waals surface area contributed by atoms with Crippen LogP contribution in [0.1, 0.15) is 46.3 Å². The van der Waals surface area contributed by atoms with Crippen LogP contribution in [0.25, 0.3) is 0 Å². The van der Waals surface area contributed by atoms with Crippen LogP contribution in [0, 0.1) is 19.8 Å². The number of benzene rings is 2. The zero-order chi connectivity index (χ0) is 17.8. The molecule has 0 radical (unpaired) electrons. The number of hydrogen-bond donors (Lipinski definition) is 1. The van der Waals surface area contributed by atoms with Gasteiger partial charge in [-0.2, -0.15) is 0 Å². The van der Waals surface area contributed by atoms with Crippen LogP contribution in [0.15, 0.2) is 42.5 Å². The van der Waals surface area contributed by atoms with Gasteiger partial charge >= 0.3 is 0 Å². The van der Waals surface area contributed by atoms with E-state index in [1.165, 1.54) is 17.5 Å². The summed E-state index contributed by atoms with van der Waals surface area (Å²) in [4.78, 5) is 14.8. The number of piperidine rings is 1. The highest BCUT2D eigenvalue weighted by molar-refractivity contribution is 5.94. The molecule has 0 unspecified atom stereocenters. The normalized spacial score (nSPS) is 17.5. The highest BCUT2D eigenvalue weighted by Gasteiger charge is 2.24. The molecular formula is C22H27NO2. The van der Waals surface area contributed by atoms with E-state index in [2.05, 4.69) is 31.2 Å². The number of rotatable bonds is 4. The Morgan fingerprint density at radius 1 is 1.16 bits per heavy atom. The number of amides is 1. The van der Waals surface area contributed by atoms with Crippen molar-refractivity contribution in [2.45, 2.75) is 39.5 Å². The molecule has 2 aromatic carbocycles. The molecule has 1 aliphatic heterocycles. The second kappa shape index (κ2) is 7.73. The number of likely N-dealkylation sites (tertiary alicyclic amines) is 1. The lowest BCUT2D eigenvalue weighted by Crippen LogP contribution is -2.40. The monoisotopic (exact) mass is 337 g/mol. The van der Waals surface area contributed by atoms with Crippen LogP contribution in [0.5, 0.6) is 5.75 Å². The Hall–Kier alpha value is -2.29. The van der Waals surface area contributed by atoms with E-state index in [1.807, 2.05) is 11.8 Å². The maximum absolute atomic E-state index is 12.8. The summed E-state index contributed by atoms with van der Waals surface area (Å²) < 4.78 is 0. The molecule has 1 fully saturated rings. The number of nitrogens with zero attached hydrogens (tertiary/aromatic N) is 1. The Morgan fingerprint density at radius 2 is 1.96 bits per heavy atom. The summed E-state index contributed by atoms with van der Waals surface area (Å²) >= 11 is 0. The minimum atomic E-state index is 0.0868. The van der Waals surface area contributed by atoms with Crippen LogP contribution in [0.2, 0.25) is 0 Å². The first-order valence-corrected chi connectivity index (χ1v) is 9.18. The molecule has 132 valence electrons. The van der Waals surface area contributed by atoms with Crippen LogP contribution < -0.4 is 0 Å². The summed E-state index contributed by atoms with van der Waals surface area (Å²) in [6, 6.07) is 13.7. The van der Waals surface area contributed by atoms with Crippen molar-refractivity contribution >= 4 is 5.91 Å². The molecule has 2 aromatic rings. The number of hydrogen-bond acceptors (Lipinski definition) is 2. The van der Waals surface area contributed by atoms with Crippen molar-refractivity contribution in [2.24, 2.45) is 5.92 Å². The minimum Gasteiger partial charge on any atom is -0.508 e. The van der Waals surface area contributed by atoms with E-state index in [0.717, 1.165) is 37.9 Å². The molecule has 1 aliphatic rings. The van der Waals surface area contributed by atoms with Gasteiger partial charge in [-0.15, -0.1) is 0 Å². The number of carbonyl (C=O) groups is 1. The van der Waals surface area contributed by atoms with Gasteiger partial charge in [0.2, 0.25) is 0 Å². The summed E-state index contributed by atoms with van der Waals surface area (Å²) in [6.07, 6.45) is 4.48. The van der Waals surface area contributed by atoms with E-state index in [9.17, 15) is 9.90 Å². The van der Waals surface area contributed by atoms with Gasteiger partial charge in [0.25, 0.3) is 5.91 Å². The third-order valence-corrected chi connectivity index (χ3v) is 5.33. The SMILES string of the molecule is Cc1cc(C(=O)N2CCC[C@H](CCc3ccccc3C)C2)ccc1O. The molecule has 0 aliphatic carbocycles. The number of aryl methyl sites for hydroxylation is 3. The van der Waals surface area contributed by atoms with Gasteiger partial charge in [0.1, 0.15) is 5.75 Å². The summed E-state index contributed by atoms with van der Waals surface area (Å²) in [5, 5.41) is 9.65. The molecule has 0 aromatic heterocycles. The predicted octanol–water partition coefficient (Wildman–Crippen LogP) is 4.49. The molecule has 1 amide bonds. The molecular weight excluding hydrogens is 310 g/mol. The Balaban J connectivity index is 1.61. The number of phenolic OH excluding ortho intramolecular Hbond substituents is 1. The molecule has 1 N–H and O–H groups in total. The van der Waals surface area contributed by atoms with Crippen molar-refractivity contribution in [3.63, 3.8) is 0 Å². The largest absolute Gasteiger partial charge is 0.508 e. The zero-order valence-electron chi connectivity index (χ0n) is 15.2. The molecule has 0 spiro atoms. The van der Waals surface area contributed by atoms with E-state index in [-0.39, 0.29) is 11.7 Å². The quantitative estimate of drug-likeness (QED) is 0.893. The standard InChI is InChI=1S/C22H27NO2/c1-16-6-3-4-8-19(16)10-9-18-7-5-13-23(15-18)22(25)20-11-12-21(24)17(2)14-20/h3-4,6,8,11-12,14,18,24H,5,7,9-10,13,15H2,1-2H3/t18-/m1/s1. The van der Waals surface area contributed by atoms with Crippen LogP contribution in [-0.2, 0) is 6.42 Å². The fraction of sp³-hybridized carbons (Fsp3) is 0.409. The van der Waals surface area contributed by atoms with Crippen molar-refractivity contribution in [1.82, 2.24) is 4.90 Å². The van der Waals surface area contributed by atoms with E-state index < -0.39 is 0 Å². The molecule has 3 nitrogen and oxygen atoms in total. The maximum Gasteiger partial charge on any atom is 0.253 e. The second-order valence-electron chi connectivity index (χ2n) is 7.23. The van der Waals surface area contributed by atoms with Gasteiger partial charge in [0.05, 0.1) is 0 Å².